The van der Waals surface area contributed by atoms with E-state index in [2.05, 4.69) is 15.1 Å². The Balaban J connectivity index is 1.59. The summed E-state index contributed by atoms with van der Waals surface area (Å²) in [6.07, 6.45) is 3.77. The Kier molecular flexibility index (Phi) is 5.06. The molecule has 1 fully saturated rings. The van der Waals surface area contributed by atoms with Crippen LogP contribution in [0, 0.1) is 5.92 Å². The molecule has 132 valence electrons. The second-order valence-corrected chi connectivity index (χ2v) is 6.30. The number of hydrogen-bond acceptors (Lipinski definition) is 6. The zero-order valence-electron chi connectivity index (χ0n) is 14.1. The average Bonchev–Trinajstić information content (AvgIpc) is 3.09. The summed E-state index contributed by atoms with van der Waals surface area (Å²) in [4.78, 5) is 34.1. The highest BCUT2D eigenvalue weighted by Gasteiger charge is 2.31. The Labute approximate surface area is 145 Å². The summed E-state index contributed by atoms with van der Waals surface area (Å²) in [5.41, 5.74) is 6.00. The van der Waals surface area contributed by atoms with Crippen molar-refractivity contribution in [3.63, 3.8) is 0 Å². The first kappa shape index (κ1) is 17.1. The number of amides is 2. The molecule has 2 N–H and O–H groups in total. The van der Waals surface area contributed by atoms with E-state index >= 15 is 0 Å². The minimum absolute atomic E-state index is 0.0314. The molecule has 0 aromatic carbocycles. The van der Waals surface area contributed by atoms with Crippen LogP contribution in [-0.4, -0.2) is 44.4 Å². The third-order valence-electron chi connectivity index (χ3n) is 4.52. The summed E-state index contributed by atoms with van der Waals surface area (Å²) < 4.78 is 5.20. The standard InChI is InChI=1S/C17H21N5O3/c1-11-5-6-12(16(18)24)10-22(11)15(23)8-7-14-20-17(21-25-14)13-4-2-3-9-19-13/h2-4,9,11-12H,5-8,10H2,1H3,(H2,18,24)/t11-,12+/m0/s1. The number of rotatable bonds is 5. The molecule has 3 heterocycles. The second-order valence-electron chi connectivity index (χ2n) is 6.30. The highest BCUT2D eigenvalue weighted by molar-refractivity contribution is 5.80. The maximum Gasteiger partial charge on any atom is 0.227 e. The molecular weight excluding hydrogens is 322 g/mol. The van der Waals surface area contributed by atoms with Crippen molar-refractivity contribution in [3.05, 3.63) is 30.3 Å². The lowest BCUT2D eigenvalue weighted by Crippen LogP contribution is -2.48. The summed E-state index contributed by atoms with van der Waals surface area (Å²) >= 11 is 0. The number of primary amides is 1. The molecule has 0 radical (unpaired) electrons. The molecule has 2 aromatic heterocycles. The lowest BCUT2D eigenvalue weighted by atomic mass is 9.92. The minimum atomic E-state index is -0.346. The van der Waals surface area contributed by atoms with Crippen LogP contribution in [0.5, 0.6) is 0 Å². The molecule has 2 amide bonds. The Bertz CT molecular complexity index is 746. The normalized spacial score (nSPS) is 20.4. The van der Waals surface area contributed by atoms with Gasteiger partial charge in [-0.25, -0.2) is 0 Å². The zero-order valence-corrected chi connectivity index (χ0v) is 14.1. The number of nitrogens with two attached hydrogens (primary N) is 1. The van der Waals surface area contributed by atoms with E-state index in [9.17, 15) is 9.59 Å². The highest BCUT2D eigenvalue weighted by Crippen LogP contribution is 2.23. The van der Waals surface area contributed by atoms with E-state index in [0.29, 0.717) is 30.4 Å². The van der Waals surface area contributed by atoms with Crippen molar-refractivity contribution in [1.82, 2.24) is 20.0 Å². The van der Waals surface area contributed by atoms with Gasteiger partial charge in [-0.1, -0.05) is 11.2 Å². The molecule has 8 nitrogen and oxygen atoms in total. The number of nitrogens with zero attached hydrogens (tertiary/aromatic N) is 4. The third-order valence-corrected chi connectivity index (χ3v) is 4.52. The molecule has 1 aliphatic rings. The molecule has 3 rings (SSSR count). The lowest BCUT2D eigenvalue weighted by molar-refractivity contribution is -0.137. The van der Waals surface area contributed by atoms with Crippen molar-refractivity contribution in [2.45, 2.75) is 38.6 Å². The van der Waals surface area contributed by atoms with Crippen LogP contribution < -0.4 is 5.73 Å². The van der Waals surface area contributed by atoms with Crippen LogP contribution in [0.25, 0.3) is 11.5 Å². The van der Waals surface area contributed by atoms with Gasteiger partial charge < -0.3 is 15.2 Å². The van der Waals surface area contributed by atoms with E-state index in [1.807, 2.05) is 19.1 Å². The SMILES string of the molecule is C[C@H]1CC[C@@H](C(N)=O)CN1C(=O)CCc1nc(-c2ccccn2)no1. The van der Waals surface area contributed by atoms with Gasteiger partial charge in [0.05, 0.1) is 5.92 Å². The Hall–Kier alpha value is -2.77. The van der Waals surface area contributed by atoms with Gasteiger partial charge in [0.25, 0.3) is 0 Å². The zero-order chi connectivity index (χ0) is 17.8. The molecule has 0 saturated carbocycles. The van der Waals surface area contributed by atoms with Crippen molar-refractivity contribution >= 4 is 11.8 Å². The number of carbonyl (C=O) groups is 2. The van der Waals surface area contributed by atoms with Gasteiger partial charge >= 0.3 is 0 Å². The van der Waals surface area contributed by atoms with E-state index in [1.54, 1.807) is 17.2 Å². The molecule has 2 atom stereocenters. The van der Waals surface area contributed by atoms with Crippen molar-refractivity contribution in [1.29, 1.82) is 0 Å². The van der Waals surface area contributed by atoms with Gasteiger partial charge in [-0.3, -0.25) is 14.6 Å². The first-order valence-electron chi connectivity index (χ1n) is 8.37. The van der Waals surface area contributed by atoms with E-state index in [-0.39, 0.29) is 30.2 Å². The molecule has 0 unspecified atom stereocenters. The van der Waals surface area contributed by atoms with Gasteiger partial charge in [0, 0.05) is 31.6 Å². The predicted octanol–water partition coefficient (Wildman–Crippen LogP) is 1.18. The lowest BCUT2D eigenvalue weighted by Gasteiger charge is -2.37. The Morgan fingerprint density at radius 1 is 1.36 bits per heavy atom. The van der Waals surface area contributed by atoms with Gasteiger partial charge in [-0.2, -0.15) is 4.98 Å². The van der Waals surface area contributed by atoms with Gasteiger partial charge in [0.2, 0.25) is 23.5 Å². The molecule has 1 saturated heterocycles. The van der Waals surface area contributed by atoms with E-state index < -0.39 is 0 Å². The summed E-state index contributed by atoms with van der Waals surface area (Å²) in [5.74, 6) is 0.158. The minimum Gasteiger partial charge on any atom is -0.369 e. The first-order valence-corrected chi connectivity index (χ1v) is 8.37. The number of likely N-dealkylation sites (tertiary alicyclic amines) is 1. The van der Waals surface area contributed by atoms with Gasteiger partial charge in [0.15, 0.2) is 0 Å². The molecular formula is C17H21N5O3. The van der Waals surface area contributed by atoms with Crippen molar-refractivity contribution < 1.29 is 14.1 Å². The van der Waals surface area contributed by atoms with E-state index in [4.69, 9.17) is 10.3 Å². The number of hydrogen-bond donors (Lipinski definition) is 1. The van der Waals surface area contributed by atoms with Crippen molar-refractivity contribution in [3.8, 4) is 11.5 Å². The maximum absolute atomic E-state index is 12.5. The quantitative estimate of drug-likeness (QED) is 0.871. The smallest absolute Gasteiger partial charge is 0.227 e. The fourth-order valence-corrected chi connectivity index (χ4v) is 3.00. The summed E-state index contributed by atoms with van der Waals surface area (Å²) in [7, 11) is 0. The maximum atomic E-state index is 12.5. The van der Waals surface area contributed by atoms with Crippen LogP contribution in [0.4, 0.5) is 0 Å². The number of pyridine rings is 1. The van der Waals surface area contributed by atoms with E-state index in [0.717, 1.165) is 12.8 Å². The summed E-state index contributed by atoms with van der Waals surface area (Å²) in [5, 5.41) is 3.89. The highest BCUT2D eigenvalue weighted by atomic mass is 16.5. The molecule has 0 aliphatic carbocycles. The molecule has 2 aromatic rings. The summed E-state index contributed by atoms with van der Waals surface area (Å²) in [6.45, 7) is 2.37. The van der Waals surface area contributed by atoms with Gasteiger partial charge in [-0.15, -0.1) is 0 Å². The van der Waals surface area contributed by atoms with Crippen LogP contribution >= 0.6 is 0 Å². The van der Waals surface area contributed by atoms with Gasteiger partial charge in [0.1, 0.15) is 5.69 Å². The largest absolute Gasteiger partial charge is 0.369 e. The average molecular weight is 343 g/mol. The fraction of sp³-hybridized carbons (Fsp3) is 0.471. The Morgan fingerprint density at radius 3 is 2.92 bits per heavy atom. The first-order chi connectivity index (χ1) is 12.0. The number of aromatic nitrogens is 3. The van der Waals surface area contributed by atoms with Crippen LogP contribution in [0.3, 0.4) is 0 Å². The number of piperidine rings is 1. The number of carbonyl (C=O) groups excluding carboxylic acids is 2. The van der Waals surface area contributed by atoms with E-state index in [1.165, 1.54) is 0 Å². The molecule has 25 heavy (non-hydrogen) atoms. The monoisotopic (exact) mass is 343 g/mol. The van der Waals surface area contributed by atoms with Crippen LogP contribution in [0.2, 0.25) is 0 Å². The predicted molar refractivity (Wildman–Crippen MR) is 88.9 cm³/mol. The molecule has 0 spiro atoms. The summed E-state index contributed by atoms with van der Waals surface area (Å²) in [6, 6.07) is 5.55. The molecule has 8 heteroatoms. The van der Waals surface area contributed by atoms with Crippen LogP contribution in [0.1, 0.15) is 32.1 Å². The fourth-order valence-electron chi connectivity index (χ4n) is 3.00. The van der Waals surface area contributed by atoms with Crippen LogP contribution in [-0.2, 0) is 16.0 Å². The van der Waals surface area contributed by atoms with Crippen molar-refractivity contribution in [2.75, 3.05) is 6.54 Å². The molecule has 1 aliphatic heterocycles. The number of aryl methyl sites for hydroxylation is 1. The second kappa shape index (κ2) is 7.42. The molecule has 0 bridgehead atoms. The van der Waals surface area contributed by atoms with Gasteiger partial charge in [-0.05, 0) is 31.9 Å². The van der Waals surface area contributed by atoms with Crippen molar-refractivity contribution in [2.24, 2.45) is 11.7 Å². The third kappa shape index (κ3) is 4.01. The Morgan fingerprint density at radius 2 is 2.20 bits per heavy atom. The van der Waals surface area contributed by atoms with Crippen LogP contribution in [0.15, 0.2) is 28.9 Å². The topological polar surface area (TPSA) is 115 Å².